The van der Waals surface area contributed by atoms with Crippen LogP contribution in [0.3, 0.4) is 0 Å². The van der Waals surface area contributed by atoms with Gasteiger partial charge in [-0.15, -0.1) is 0 Å². The van der Waals surface area contributed by atoms with Gasteiger partial charge in [0, 0.05) is 37.3 Å². The lowest BCUT2D eigenvalue weighted by Crippen LogP contribution is -2.43. The Morgan fingerprint density at radius 3 is 2.42 bits per heavy atom. The fourth-order valence-electron chi connectivity index (χ4n) is 3.06. The molecule has 6 nitrogen and oxygen atoms in total. The molecule has 1 aliphatic heterocycles. The van der Waals surface area contributed by atoms with Crippen molar-refractivity contribution in [3.63, 3.8) is 0 Å². The van der Waals surface area contributed by atoms with Gasteiger partial charge in [0.25, 0.3) is 5.91 Å². The number of amides is 1. The molecule has 0 saturated carbocycles. The van der Waals surface area contributed by atoms with E-state index in [2.05, 4.69) is 5.32 Å². The van der Waals surface area contributed by atoms with E-state index in [-0.39, 0.29) is 17.3 Å². The SMILES string of the molecule is Cc1ccc[n+](CC(=O)Nc2ccc(S(=O)(=O)N3CCCC3)cc2)c1C. The van der Waals surface area contributed by atoms with Crippen molar-refractivity contribution in [2.75, 3.05) is 18.4 Å². The highest BCUT2D eigenvalue weighted by molar-refractivity contribution is 7.89. The van der Waals surface area contributed by atoms with Crippen molar-refractivity contribution in [3.05, 3.63) is 53.9 Å². The lowest BCUT2D eigenvalue weighted by Gasteiger charge is -2.15. The number of rotatable bonds is 5. The van der Waals surface area contributed by atoms with Gasteiger partial charge in [-0.05, 0) is 50.1 Å². The summed E-state index contributed by atoms with van der Waals surface area (Å²) in [6.07, 6.45) is 3.68. The highest BCUT2D eigenvalue weighted by atomic mass is 32.2. The molecular weight excluding hydrogens is 350 g/mol. The van der Waals surface area contributed by atoms with E-state index in [0.717, 1.165) is 24.1 Å². The average Bonchev–Trinajstić information content (AvgIpc) is 3.15. The summed E-state index contributed by atoms with van der Waals surface area (Å²) in [7, 11) is -3.43. The second kappa shape index (κ2) is 7.55. The summed E-state index contributed by atoms with van der Waals surface area (Å²) >= 11 is 0. The number of nitrogens with zero attached hydrogens (tertiary/aromatic N) is 2. The van der Waals surface area contributed by atoms with Gasteiger partial charge >= 0.3 is 0 Å². The Hall–Kier alpha value is -2.25. The summed E-state index contributed by atoms with van der Waals surface area (Å²) in [5.74, 6) is -0.154. The first-order valence-corrected chi connectivity index (χ1v) is 10.2. The van der Waals surface area contributed by atoms with Crippen LogP contribution in [0.5, 0.6) is 0 Å². The quantitative estimate of drug-likeness (QED) is 0.814. The fraction of sp³-hybridized carbons (Fsp3) is 0.368. The molecule has 7 heteroatoms. The van der Waals surface area contributed by atoms with Crippen LogP contribution in [-0.4, -0.2) is 31.7 Å². The number of anilines is 1. The largest absolute Gasteiger partial charge is 0.321 e. The highest BCUT2D eigenvalue weighted by Gasteiger charge is 2.27. The molecule has 1 saturated heterocycles. The molecule has 1 N–H and O–H groups in total. The predicted octanol–water partition coefficient (Wildman–Crippen LogP) is 2.01. The molecule has 3 rings (SSSR count). The van der Waals surface area contributed by atoms with Crippen LogP contribution in [0, 0.1) is 13.8 Å². The van der Waals surface area contributed by atoms with Crippen molar-refractivity contribution >= 4 is 21.6 Å². The monoisotopic (exact) mass is 374 g/mol. The zero-order valence-corrected chi connectivity index (χ0v) is 15.9. The van der Waals surface area contributed by atoms with E-state index in [1.54, 1.807) is 24.3 Å². The van der Waals surface area contributed by atoms with Crippen molar-refractivity contribution in [2.45, 2.75) is 38.1 Å². The molecule has 0 aliphatic carbocycles. The number of aromatic nitrogens is 1. The summed E-state index contributed by atoms with van der Waals surface area (Å²) in [5, 5.41) is 2.82. The minimum Gasteiger partial charge on any atom is -0.321 e. The Labute approximate surface area is 154 Å². The maximum absolute atomic E-state index is 12.5. The smallest absolute Gasteiger partial charge is 0.290 e. The number of pyridine rings is 1. The van der Waals surface area contributed by atoms with Crippen LogP contribution >= 0.6 is 0 Å². The molecule has 0 atom stereocenters. The number of hydrogen-bond acceptors (Lipinski definition) is 3. The zero-order chi connectivity index (χ0) is 18.7. The Morgan fingerprint density at radius 1 is 1.12 bits per heavy atom. The summed E-state index contributed by atoms with van der Waals surface area (Å²) in [6, 6.07) is 10.3. The number of hydrogen-bond donors (Lipinski definition) is 1. The molecule has 0 radical (unpaired) electrons. The molecule has 1 aromatic heterocycles. The third-order valence-corrected chi connectivity index (χ3v) is 6.68. The van der Waals surface area contributed by atoms with Gasteiger partial charge in [0.15, 0.2) is 11.9 Å². The third-order valence-electron chi connectivity index (χ3n) is 4.77. The van der Waals surface area contributed by atoms with E-state index < -0.39 is 10.0 Å². The molecule has 1 aromatic carbocycles. The molecule has 2 aromatic rings. The predicted molar refractivity (Wildman–Crippen MR) is 99.2 cm³/mol. The maximum atomic E-state index is 12.5. The Morgan fingerprint density at radius 2 is 1.77 bits per heavy atom. The van der Waals surface area contributed by atoms with E-state index in [4.69, 9.17) is 0 Å². The van der Waals surface area contributed by atoms with Crippen molar-refractivity contribution < 1.29 is 17.8 Å². The second-order valence-corrected chi connectivity index (χ2v) is 8.53. The lowest BCUT2D eigenvalue weighted by atomic mass is 10.2. The Balaban J connectivity index is 1.67. The van der Waals surface area contributed by atoms with E-state index in [1.807, 2.05) is 36.7 Å². The van der Waals surface area contributed by atoms with Crippen molar-refractivity contribution in [1.29, 1.82) is 0 Å². The Kier molecular flexibility index (Phi) is 5.38. The first kappa shape index (κ1) is 18.5. The molecule has 26 heavy (non-hydrogen) atoms. The van der Waals surface area contributed by atoms with Crippen molar-refractivity contribution in [2.24, 2.45) is 0 Å². The van der Waals surface area contributed by atoms with Crippen molar-refractivity contribution in [3.8, 4) is 0 Å². The number of carbonyl (C=O) groups excluding carboxylic acids is 1. The standard InChI is InChI=1S/C19H23N3O3S/c1-15-6-5-11-21(16(15)2)14-19(23)20-17-7-9-18(10-8-17)26(24,25)22-12-3-4-13-22/h5-11H,3-4,12-14H2,1-2H3/p+1. The normalized spacial score (nSPS) is 15.2. The molecule has 0 spiro atoms. The summed E-state index contributed by atoms with van der Waals surface area (Å²) in [4.78, 5) is 12.5. The second-order valence-electron chi connectivity index (χ2n) is 6.59. The number of sulfonamides is 1. The van der Waals surface area contributed by atoms with Gasteiger partial charge in [0.05, 0.1) is 4.90 Å². The fourth-order valence-corrected chi connectivity index (χ4v) is 4.58. The summed E-state index contributed by atoms with van der Waals surface area (Å²) in [5.41, 5.74) is 2.74. The van der Waals surface area contributed by atoms with E-state index in [9.17, 15) is 13.2 Å². The first-order chi connectivity index (χ1) is 12.4. The minimum atomic E-state index is -3.43. The molecule has 1 amide bonds. The van der Waals surface area contributed by atoms with Gasteiger partial charge in [-0.3, -0.25) is 4.79 Å². The molecule has 0 bridgehead atoms. The van der Waals surface area contributed by atoms with Gasteiger partial charge in [-0.25, -0.2) is 8.42 Å². The van der Waals surface area contributed by atoms with Gasteiger partial charge in [0.2, 0.25) is 16.6 Å². The van der Waals surface area contributed by atoms with Gasteiger partial charge in [-0.1, -0.05) is 0 Å². The molecule has 1 fully saturated rings. The van der Waals surface area contributed by atoms with Crippen LogP contribution in [0.1, 0.15) is 24.1 Å². The Bertz CT molecular complexity index is 902. The molecular formula is C19H24N3O3S+. The van der Waals surface area contributed by atoms with Crippen LogP contribution in [-0.2, 0) is 21.4 Å². The molecule has 2 heterocycles. The van der Waals surface area contributed by atoms with Crippen LogP contribution in [0.2, 0.25) is 0 Å². The number of benzene rings is 1. The van der Waals surface area contributed by atoms with Gasteiger partial charge < -0.3 is 5.32 Å². The maximum Gasteiger partial charge on any atom is 0.290 e. The summed E-state index contributed by atoms with van der Waals surface area (Å²) < 4.78 is 28.4. The number of nitrogens with one attached hydrogen (secondary N) is 1. The van der Waals surface area contributed by atoms with Gasteiger partial charge in [0.1, 0.15) is 0 Å². The van der Waals surface area contributed by atoms with Crippen LogP contribution in [0.25, 0.3) is 0 Å². The molecule has 138 valence electrons. The molecule has 0 unspecified atom stereocenters. The van der Waals surface area contributed by atoms with Crippen LogP contribution < -0.4 is 9.88 Å². The van der Waals surface area contributed by atoms with E-state index >= 15 is 0 Å². The lowest BCUT2D eigenvalue weighted by molar-refractivity contribution is -0.690. The zero-order valence-electron chi connectivity index (χ0n) is 15.1. The van der Waals surface area contributed by atoms with Gasteiger partial charge in [-0.2, -0.15) is 8.87 Å². The average molecular weight is 374 g/mol. The number of carbonyl (C=O) groups is 1. The molecule has 1 aliphatic rings. The third kappa shape index (κ3) is 3.94. The topological polar surface area (TPSA) is 70.4 Å². The van der Waals surface area contributed by atoms with Crippen molar-refractivity contribution in [1.82, 2.24) is 4.31 Å². The van der Waals surface area contributed by atoms with Crippen LogP contribution in [0.15, 0.2) is 47.5 Å². The summed E-state index contributed by atoms with van der Waals surface area (Å²) in [6.45, 7) is 5.34. The first-order valence-electron chi connectivity index (χ1n) is 8.73. The highest BCUT2D eigenvalue weighted by Crippen LogP contribution is 2.22. The van der Waals surface area contributed by atoms with Crippen LogP contribution in [0.4, 0.5) is 5.69 Å². The number of aryl methyl sites for hydroxylation is 1. The van der Waals surface area contributed by atoms with E-state index in [0.29, 0.717) is 18.8 Å². The van der Waals surface area contributed by atoms with E-state index in [1.165, 1.54) is 4.31 Å². The minimum absolute atomic E-state index is 0.154.